The molecular formula is C12H11N3OS. The summed E-state index contributed by atoms with van der Waals surface area (Å²) in [7, 11) is 1.66. The third-order valence-corrected chi connectivity index (χ3v) is 3.46. The van der Waals surface area contributed by atoms with Gasteiger partial charge in [0, 0.05) is 12.3 Å². The number of aromatic amines is 1. The van der Waals surface area contributed by atoms with E-state index in [0.29, 0.717) is 0 Å². The Hall–Kier alpha value is -1.88. The Morgan fingerprint density at radius 2 is 2.24 bits per heavy atom. The Morgan fingerprint density at radius 1 is 1.35 bits per heavy atom. The zero-order chi connectivity index (χ0) is 11.8. The number of methoxy groups -OCH3 is 1. The number of nitrogens with one attached hydrogen (secondary N) is 1. The van der Waals surface area contributed by atoms with Crippen molar-refractivity contribution in [2.75, 3.05) is 7.11 Å². The lowest BCUT2D eigenvalue weighted by atomic mass is 10.3. The fraction of sp³-hybridized carbons (Fsp3) is 0.167. The van der Waals surface area contributed by atoms with Crippen LogP contribution in [0.4, 0.5) is 0 Å². The molecule has 0 fully saturated rings. The minimum absolute atomic E-state index is 0.827. The summed E-state index contributed by atoms with van der Waals surface area (Å²) in [5, 5.41) is 1.04. The quantitative estimate of drug-likeness (QED) is 0.755. The topological polar surface area (TPSA) is 50.8 Å². The smallest absolute Gasteiger partial charge is 0.150 e. The first-order valence-corrected chi connectivity index (χ1v) is 6.04. The zero-order valence-corrected chi connectivity index (χ0v) is 10.3. The first kappa shape index (κ1) is 10.3. The van der Waals surface area contributed by atoms with Gasteiger partial charge < -0.3 is 9.72 Å². The van der Waals surface area contributed by atoms with Crippen LogP contribution in [0, 0.1) is 6.92 Å². The fourth-order valence-corrected chi connectivity index (χ4v) is 2.43. The summed E-state index contributed by atoms with van der Waals surface area (Å²) in [5.74, 6) is 1.69. The van der Waals surface area contributed by atoms with E-state index in [1.807, 2.05) is 31.3 Å². The second-order valence-electron chi connectivity index (χ2n) is 3.71. The van der Waals surface area contributed by atoms with Crippen LogP contribution < -0.4 is 4.74 Å². The second kappa shape index (κ2) is 3.85. The van der Waals surface area contributed by atoms with Crippen LogP contribution in [0.15, 0.2) is 24.4 Å². The number of H-pyrrole nitrogens is 1. The normalized spacial score (nSPS) is 10.9. The third-order valence-electron chi connectivity index (χ3n) is 2.54. The minimum Gasteiger partial charge on any atom is -0.497 e. The van der Waals surface area contributed by atoms with E-state index in [-0.39, 0.29) is 0 Å². The van der Waals surface area contributed by atoms with Gasteiger partial charge >= 0.3 is 0 Å². The average molecular weight is 245 g/mol. The van der Waals surface area contributed by atoms with Crippen LogP contribution in [0.5, 0.6) is 5.75 Å². The molecule has 3 rings (SSSR count). The highest BCUT2D eigenvalue weighted by Crippen LogP contribution is 2.27. The van der Waals surface area contributed by atoms with E-state index in [4.69, 9.17) is 4.74 Å². The number of hydrogen-bond acceptors (Lipinski definition) is 4. The van der Waals surface area contributed by atoms with Gasteiger partial charge in [-0.1, -0.05) is 0 Å². The molecule has 86 valence electrons. The van der Waals surface area contributed by atoms with Crippen LogP contribution in [0.1, 0.15) is 5.01 Å². The number of imidazole rings is 1. The van der Waals surface area contributed by atoms with Gasteiger partial charge in [-0.05, 0) is 19.1 Å². The van der Waals surface area contributed by atoms with Gasteiger partial charge in [0.15, 0.2) is 0 Å². The van der Waals surface area contributed by atoms with Crippen molar-refractivity contribution in [3.8, 4) is 16.5 Å². The summed E-state index contributed by atoms with van der Waals surface area (Å²) < 4.78 is 5.18. The summed E-state index contributed by atoms with van der Waals surface area (Å²) in [6.45, 7) is 1.99. The molecule has 0 spiro atoms. The van der Waals surface area contributed by atoms with E-state index in [1.165, 1.54) is 0 Å². The Kier molecular flexibility index (Phi) is 2.33. The molecule has 2 aromatic heterocycles. The molecule has 3 aromatic rings. The van der Waals surface area contributed by atoms with Gasteiger partial charge in [0.05, 0.1) is 28.0 Å². The van der Waals surface area contributed by atoms with E-state index in [0.717, 1.165) is 32.5 Å². The number of nitrogens with zero attached hydrogens (tertiary/aromatic N) is 2. The number of aromatic nitrogens is 3. The average Bonchev–Trinajstić information content (AvgIpc) is 2.93. The molecule has 17 heavy (non-hydrogen) atoms. The third kappa shape index (κ3) is 1.78. The maximum absolute atomic E-state index is 5.18. The van der Waals surface area contributed by atoms with Gasteiger partial charge in [-0.3, -0.25) is 0 Å². The van der Waals surface area contributed by atoms with Crippen LogP contribution >= 0.6 is 11.3 Å². The molecule has 1 N–H and O–H groups in total. The standard InChI is InChI=1S/C12H11N3OS/c1-7-13-6-11(17-7)12-14-9-4-3-8(16-2)5-10(9)15-12/h3-6H,1-2H3,(H,14,15). The van der Waals surface area contributed by atoms with Crippen molar-refractivity contribution in [1.29, 1.82) is 0 Å². The number of benzene rings is 1. The van der Waals surface area contributed by atoms with E-state index in [2.05, 4.69) is 15.0 Å². The molecule has 1 aromatic carbocycles. The summed E-state index contributed by atoms with van der Waals surface area (Å²) in [4.78, 5) is 13.1. The van der Waals surface area contributed by atoms with Gasteiger partial charge in [-0.2, -0.15) is 0 Å². The van der Waals surface area contributed by atoms with E-state index >= 15 is 0 Å². The van der Waals surface area contributed by atoms with Crippen LogP contribution in [0.25, 0.3) is 21.7 Å². The van der Waals surface area contributed by atoms with Gasteiger partial charge in [0.2, 0.25) is 0 Å². The van der Waals surface area contributed by atoms with Gasteiger partial charge in [0.25, 0.3) is 0 Å². The highest BCUT2D eigenvalue weighted by Gasteiger charge is 2.08. The Balaban J connectivity index is 2.13. The lowest BCUT2D eigenvalue weighted by Crippen LogP contribution is -1.81. The first-order valence-electron chi connectivity index (χ1n) is 5.23. The number of fused-ring (bicyclic) bond motifs is 1. The van der Waals surface area contributed by atoms with Crippen molar-refractivity contribution < 1.29 is 4.74 Å². The molecular weight excluding hydrogens is 234 g/mol. The maximum atomic E-state index is 5.18. The molecule has 0 saturated heterocycles. The largest absolute Gasteiger partial charge is 0.497 e. The summed E-state index contributed by atoms with van der Waals surface area (Å²) in [6.07, 6.45) is 1.84. The van der Waals surface area contributed by atoms with Crippen LogP contribution in [-0.4, -0.2) is 22.1 Å². The Labute approximate surface area is 102 Å². The number of aryl methyl sites for hydroxylation is 1. The molecule has 0 aliphatic heterocycles. The minimum atomic E-state index is 0.827. The SMILES string of the molecule is COc1ccc2nc(-c3cnc(C)s3)[nH]c2c1. The molecule has 0 radical (unpaired) electrons. The lowest BCUT2D eigenvalue weighted by molar-refractivity contribution is 0.415. The number of thiazole rings is 1. The van der Waals surface area contributed by atoms with E-state index in [9.17, 15) is 0 Å². The molecule has 0 saturated carbocycles. The summed E-state index contributed by atoms with van der Waals surface area (Å²) >= 11 is 1.63. The van der Waals surface area contributed by atoms with E-state index < -0.39 is 0 Å². The van der Waals surface area contributed by atoms with E-state index in [1.54, 1.807) is 18.4 Å². The fourth-order valence-electron chi connectivity index (χ4n) is 1.70. The van der Waals surface area contributed by atoms with Gasteiger partial charge in [-0.15, -0.1) is 11.3 Å². The first-order chi connectivity index (χ1) is 8.26. The highest BCUT2D eigenvalue weighted by atomic mass is 32.1. The second-order valence-corrected chi connectivity index (χ2v) is 4.95. The molecule has 0 bridgehead atoms. The Bertz CT molecular complexity index is 671. The summed E-state index contributed by atoms with van der Waals surface area (Å²) in [5.41, 5.74) is 1.91. The van der Waals surface area contributed by atoms with Crippen molar-refractivity contribution in [3.05, 3.63) is 29.4 Å². The van der Waals surface area contributed by atoms with Crippen molar-refractivity contribution in [1.82, 2.24) is 15.0 Å². The molecule has 0 amide bonds. The predicted octanol–water partition coefficient (Wildman–Crippen LogP) is 3.00. The maximum Gasteiger partial charge on any atom is 0.150 e. The molecule has 5 heteroatoms. The number of hydrogen-bond donors (Lipinski definition) is 1. The lowest BCUT2D eigenvalue weighted by Gasteiger charge is -1.96. The van der Waals surface area contributed by atoms with Crippen molar-refractivity contribution >= 4 is 22.4 Å². The Morgan fingerprint density at radius 3 is 2.94 bits per heavy atom. The number of rotatable bonds is 2. The van der Waals surface area contributed by atoms with Crippen LogP contribution in [0.3, 0.4) is 0 Å². The monoisotopic (exact) mass is 245 g/mol. The molecule has 0 atom stereocenters. The van der Waals surface area contributed by atoms with Crippen molar-refractivity contribution in [2.24, 2.45) is 0 Å². The van der Waals surface area contributed by atoms with Crippen LogP contribution in [-0.2, 0) is 0 Å². The molecule has 0 unspecified atom stereocenters. The van der Waals surface area contributed by atoms with Crippen LogP contribution in [0.2, 0.25) is 0 Å². The number of ether oxygens (including phenoxy) is 1. The highest BCUT2D eigenvalue weighted by molar-refractivity contribution is 7.14. The van der Waals surface area contributed by atoms with Gasteiger partial charge in [0.1, 0.15) is 11.6 Å². The van der Waals surface area contributed by atoms with Crippen molar-refractivity contribution in [3.63, 3.8) is 0 Å². The van der Waals surface area contributed by atoms with Crippen molar-refractivity contribution in [2.45, 2.75) is 6.92 Å². The zero-order valence-electron chi connectivity index (χ0n) is 9.52. The molecule has 4 nitrogen and oxygen atoms in total. The molecule has 0 aliphatic carbocycles. The summed E-state index contributed by atoms with van der Waals surface area (Å²) in [6, 6.07) is 5.80. The van der Waals surface area contributed by atoms with Gasteiger partial charge in [-0.25, -0.2) is 9.97 Å². The predicted molar refractivity (Wildman–Crippen MR) is 68.5 cm³/mol. The molecule has 2 heterocycles. The molecule has 0 aliphatic rings.